The van der Waals surface area contributed by atoms with Crippen molar-refractivity contribution >= 4 is 6.29 Å². The van der Waals surface area contributed by atoms with E-state index >= 15 is 0 Å². The third-order valence-corrected chi connectivity index (χ3v) is 8.12. The third kappa shape index (κ3) is 1.16. The number of phenolic OH excluding ortho intramolecular Hbond substituents is 1. The summed E-state index contributed by atoms with van der Waals surface area (Å²) < 4.78 is 6.59. The molecule has 1 N–H and O–H groups in total. The highest BCUT2D eigenvalue weighted by atomic mass is 16.5. The molecule has 1 spiro atoms. The van der Waals surface area contributed by atoms with Crippen molar-refractivity contribution in [2.24, 2.45) is 16.7 Å². The van der Waals surface area contributed by atoms with Crippen LogP contribution in [-0.4, -0.2) is 17.0 Å². The van der Waals surface area contributed by atoms with Crippen molar-refractivity contribution in [2.45, 2.75) is 57.5 Å². The number of carbonyl (C=O) groups excluding carboxylic acids is 1. The summed E-state index contributed by atoms with van der Waals surface area (Å²) >= 11 is 0. The van der Waals surface area contributed by atoms with Crippen molar-refractivity contribution < 1.29 is 14.6 Å². The van der Waals surface area contributed by atoms with Crippen LogP contribution >= 0.6 is 0 Å². The number of aldehydes is 1. The van der Waals surface area contributed by atoms with Gasteiger partial charge in [-0.1, -0.05) is 19.9 Å². The molecule has 0 aromatic heterocycles. The van der Waals surface area contributed by atoms with E-state index in [1.807, 2.05) is 12.1 Å². The molecule has 3 aliphatic carbocycles. The largest absolute Gasteiger partial charge is 0.508 e. The zero-order valence-electron chi connectivity index (χ0n) is 14.6. The number of hydrogen-bond donors (Lipinski definition) is 1. The minimum atomic E-state index is -0.225. The maximum absolute atomic E-state index is 11.6. The van der Waals surface area contributed by atoms with Crippen LogP contribution < -0.4 is 4.74 Å². The number of hydrogen-bond acceptors (Lipinski definition) is 3. The predicted molar refractivity (Wildman–Crippen MR) is 91.1 cm³/mol. The molecular formula is C21H24O3. The summed E-state index contributed by atoms with van der Waals surface area (Å²) in [5.74, 6) is 1.74. The maximum atomic E-state index is 11.6. The molecule has 24 heavy (non-hydrogen) atoms. The van der Waals surface area contributed by atoms with Crippen LogP contribution in [0.1, 0.15) is 52.0 Å². The number of phenols is 1. The first-order chi connectivity index (χ1) is 11.3. The molecule has 0 bridgehead atoms. The quantitative estimate of drug-likeness (QED) is 0.790. The van der Waals surface area contributed by atoms with Crippen LogP contribution in [0.3, 0.4) is 0 Å². The van der Waals surface area contributed by atoms with Crippen molar-refractivity contribution in [3.05, 3.63) is 35.4 Å². The molecule has 3 heteroatoms. The fraction of sp³-hybridized carbons (Fsp3) is 0.571. The van der Waals surface area contributed by atoms with Gasteiger partial charge in [0.05, 0.1) is 0 Å². The Morgan fingerprint density at radius 1 is 1.25 bits per heavy atom. The van der Waals surface area contributed by atoms with Gasteiger partial charge in [-0.3, -0.25) is 4.79 Å². The first kappa shape index (κ1) is 14.6. The molecular weight excluding hydrogens is 300 g/mol. The molecule has 3 nitrogen and oxygen atoms in total. The summed E-state index contributed by atoms with van der Waals surface area (Å²) in [6.45, 7) is 6.95. The van der Waals surface area contributed by atoms with E-state index < -0.39 is 0 Å². The van der Waals surface area contributed by atoms with Crippen molar-refractivity contribution in [3.63, 3.8) is 0 Å². The molecule has 1 aromatic carbocycles. The molecule has 0 radical (unpaired) electrons. The van der Waals surface area contributed by atoms with Gasteiger partial charge in [-0.2, -0.15) is 0 Å². The van der Waals surface area contributed by atoms with Gasteiger partial charge in [0.25, 0.3) is 0 Å². The second-order valence-corrected chi connectivity index (χ2v) is 8.94. The Labute approximate surface area is 142 Å². The highest BCUT2D eigenvalue weighted by Gasteiger charge is 2.85. The zero-order chi connectivity index (χ0) is 17.0. The molecule has 4 aliphatic rings. The summed E-state index contributed by atoms with van der Waals surface area (Å²) in [5.41, 5.74) is 1.64. The Morgan fingerprint density at radius 3 is 2.79 bits per heavy atom. The summed E-state index contributed by atoms with van der Waals surface area (Å²) in [4.78, 5) is 11.6. The third-order valence-electron chi connectivity index (χ3n) is 8.12. The second-order valence-electron chi connectivity index (χ2n) is 8.94. The monoisotopic (exact) mass is 324 g/mol. The van der Waals surface area contributed by atoms with Gasteiger partial charge in [0.1, 0.15) is 23.4 Å². The average molecular weight is 324 g/mol. The molecule has 4 atom stereocenters. The average Bonchev–Trinajstić information content (AvgIpc) is 2.83. The predicted octanol–water partition coefficient (Wildman–Crippen LogP) is 4.14. The van der Waals surface area contributed by atoms with Crippen LogP contribution in [0.25, 0.3) is 0 Å². The highest BCUT2D eigenvalue weighted by molar-refractivity contribution is 5.76. The molecule has 0 amide bonds. The van der Waals surface area contributed by atoms with Gasteiger partial charge in [0, 0.05) is 16.4 Å². The molecule has 0 saturated heterocycles. The first-order valence-corrected chi connectivity index (χ1v) is 9.02. The van der Waals surface area contributed by atoms with Gasteiger partial charge in [-0.25, -0.2) is 0 Å². The van der Waals surface area contributed by atoms with Crippen LogP contribution in [0.2, 0.25) is 0 Å². The van der Waals surface area contributed by atoms with E-state index in [2.05, 4.69) is 26.8 Å². The molecule has 1 heterocycles. The normalized spacial score (nSPS) is 43.5. The van der Waals surface area contributed by atoms with Gasteiger partial charge < -0.3 is 9.84 Å². The van der Waals surface area contributed by atoms with Crippen molar-refractivity contribution in [1.82, 2.24) is 0 Å². The van der Waals surface area contributed by atoms with Gasteiger partial charge in [-0.15, -0.1) is 0 Å². The van der Waals surface area contributed by atoms with Gasteiger partial charge in [0.15, 0.2) is 0 Å². The fourth-order valence-electron chi connectivity index (χ4n) is 7.40. The fourth-order valence-corrected chi connectivity index (χ4v) is 7.40. The lowest BCUT2D eigenvalue weighted by atomic mass is 9.26. The maximum Gasteiger partial charge on any atom is 0.145 e. The Morgan fingerprint density at radius 2 is 2.04 bits per heavy atom. The van der Waals surface area contributed by atoms with Crippen LogP contribution in [0, 0.1) is 16.7 Å². The molecule has 2 fully saturated rings. The smallest absolute Gasteiger partial charge is 0.145 e. The number of fused-ring (bicyclic) bond motifs is 1. The summed E-state index contributed by atoms with van der Waals surface area (Å²) in [7, 11) is 0. The van der Waals surface area contributed by atoms with Gasteiger partial charge in [0.2, 0.25) is 0 Å². The van der Waals surface area contributed by atoms with Crippen molar-refractivity contribution in [2.75, 3.05) is 0 Å². The van der Waals surface area contributed by atoms with Gasteiger partial charge in [-0.05, 0) is 67.7 Å². The summed E-state index contributed by atoms with van der Waals surface area (Å²) in [5, 5.41) is 10.2. The Kier molecular flexibility index (Phi) is 2.36. The lowest BCUT2D eigenvalue weighted by Crippen LogP contribution is -2.79. The number of ether oxygens (including phenoxy) is 1. The SMILES string of the molecule is CC12CCC3C(C)(C)C4(C=C(C=O)CCC314)c1cc(O)ccc1O2. The zero-order valence-corrected chi connectivity index (χ0v) is 14.6. The van der Waals surface area contributed by atoms with Crippen molar-refractivity contribution in [1.29, 1.82) is 0 Å². The molecule has 126 valence electrons. The minimum Gasteiger partial charge on any atom is -0.508 e. The number of rotatable bonds is 1. The topological polar surface area (TPSA) is 46.5 Å². The number of benzene rings is 1. The number of allylic oxidation sites excluding steroid dienone is 2. The highest BCUT2D eigenvalue weighted by Crippen LogP contribution is 2.85. The lowest BCUT2D eigenvalue weighted by Gasteiger charge is -2.78. The molecule has 1 aromatic rings. The van der Waals surface area contributed by atoms with E-state index in [1.54, 1.807) is 6.07 Å². The van der Waals surface area contributed by atoms with E-state index in [-0.39, 0.29) is 27.6 Å². The van der Waals surface area contributed by atoms with E-state index in [9.17, 15) is 9.90 Å². The van der Waals surface area contributed by atoms with Crippen molar-refractivity contribution in [3.8, 4) is 11.5 Å². The van der Waals surface area contributed by atoms with E-state index in [4.69, 9.17) is 4.74 Å². The molecule has 4 unspecified atom stereocenters. The van der Waals surface area contributed by atoms with E-state index in [0.29, 0.717) is 5.92 Å². The van der Waals surface area contributed by atoms with Crippen LogP contribution in [0.4, 0.5) is 0 Å². The number of aromatic hydroxyl groups is 1. The van der Waals surface area contributed by atoms with Crippen LogP contribution in [0.15, 0.2) is 29.8 Å². The second kappa shape index (κ2) is 3.89. The van der Waals surface area contributed by atoms with Crippen LogP contribution in [-0.2, 0) is 10.2 Å². The van der Waals surface area contributed by atoms with Crippen LogP contribution in [0.5, 0.6) is 11.5 Å². The Bertz CT molecular complexity index is 807. The summed E-state index contributed by atoms with van der Waals surface area (Å²) in [6, 6.07) is 5.48. The lowest BCUT2D eigenvalue weighted by molar-refractivity contribution is -0.252. The summed E-state index contributed by atoms with van der Waals surface area (Å²) in [6.07, 6.45) is 7.34. The Balaban J connectivity index is 1.91. The molecule has 1 aliphatic heterocycles. The van der Waals surface area contributed by atoms with Gasteiger partial charge >= 0.3 is 0 Å². The first-order valence-electron chi connectivity index (χ1n) is 9.02. The van der Waals surface area contributed by atoms with E-state index in [0.717, 1.165) is 42.4 Å². The number of carbonyl (C=O) groups is 1. The molecule has 5 rings (SSSR count). The minimum absolute atomic E-state index is 0.0385. The molecule has 2 saturated carbocycles. The standard InChI is InChI=1S/C21H24O3/c1-18(2)17-7-8-19(3)20(17)9-6-13(12-22)11-21(18,20)15-10-14(23)4-5-16(15)24-19/h4-5,10-12,17,23H,6-9H2,1-3H3. The Hall–Kier alpha value is -1.77. The van der Waals surface area contributed by atoms with E-state index in [1.165, 1.54) is 6.42 Å².